The molecule has 0 aliphatic rings. The molecule has 0 aliphatic carbocycles. The predicted octanol–water partition coefficient (Wildman–Crippen LogP) is 2.96. The molecule has 0 atom stereocenters. The number of rotatable bonds is 14. The minimum absolute atomic E-state index is 0.0717. The Morgan fingerprint density at radius 1 is 0.962 bits per heavy atom. The van der Waals surface area contributed by atoms with Gasteiger partial charge in [0.1, 0.15) is 6.61 Å². The van der Waals surface area contributed by atoms with Crippen LogP contribution in [0.5, 0.6) is 0 Å². The van der Waals surface area contributed by atoms with Crippen molar-refractivity contribution in [3.05, 3.63) is 42.3 Å². The molecule has 6 nitrogen and oxygen atoms in total. The highest BCUT2D eigenvalue weighted by Crippen LogP contribution is 2.02. The fraction of sp³-hybridized carbons (Fsp3) is 0.550. The van der Waals surface area contributed by atoms with Gasteiger partial charge in [-0.15, -0.1) is 0 Å². The van der Waals surface area contributed by atoms with E-state index in [1.807, 2.05) is 36.8 Å². The molecule has 3 N–H and O–H groups in total. The Labute approximate surface area is 156 Å². The molecule has 0 fully saturated rings. The van der Waals surface area contributed by atoms with E-state index in [9.17, 15) is 9.59 Å². The monoisotopic (exact) mass is 363 g/mol. The molecular formula is C20H31N2O4. The van der Waals surface area contributed by atoms with Crippen LogP contribution >= 0.6 is 0 Å². The van der Waals surface area contributed by atoms with Crippen molar-refractivity contribution in [2.75, 3.05) is 19.7 Å². The number of hydrogen-bond acceptors (Lipinski definition) is 4. The molecular weight excluding hydrogens is 332 g/mol. The van der Waals surface area contributed by atoms with Gasteiger partial charge in [-0.2, -0.15) is 0 Å². The average molecular weight is 363 g/mol. The maximum atomic E-state index is 11.6. The van der Waals surface area contributed by atoms with Crippen molar-refractivity contribution in [2.45, 2.75) is 51.6 Å². The Morgan fingerprint density at radius 3 is 2.50 bits per heavy atom. The van der Waals surface area contributed by atoms with Gasteiger partial charge < -0.3 is 20.5 Å². The number of nitrogens with one attached hydrogen (secondary N) is 2. The lowest BCUT2D eigenvalue weighted by Gasteiger charge is -2.07. The molecule has 1 rings (SSSR count). The van der Waals surface area contributed by atoms with Crippen molar-refractivity contribution in [2.24, 2.45) is 0 Å². The summed E-state index contributed by atoms with van der Waals surface area (Å²) in [5.41, 5.74) is 0.958. The highest BCUT2D eigenvalue weighted by atomic mass is 16.5. The number of benzene rings is 1. The Kier molecular flexibility index (Phi) is 12.8. The summed E-state index contributed by atoms with van der Waals surface area (Å²) in [6.07, 6.45) is 7.17. The van der Waals surface area contributed by atoms with Gasteiger partial charge >= 0.3 is 6.09 Å². The van der Waals surface area contributed by atoms with Crippen LogP contribution in [-0.2, 0) is 16.1 Å². The van der Waals surface area contributed by atoms with Crippen molar-refractivity contribution in [1.82, 2.24) is 10.6 Å². The summed E-state index contributed by atoms with van der Waals surface area (Å²) >= 11 is 0. The Bertz CT molecular complexity index is 494. The van der Waals surface area contributed by atoms with Crippen LogP contribution in [0.3, 0.4) is 0 Å². The van der Waals surface area contributed by atoms with Crippen molar-refractivity contribution in [1.29, 1.82) is 0 Å². The maximum Gasteiger partial charge on any atom is 0.407 e. The van der Waals surface area contributed by atoms with Crippen LogP contribution in [0.15, 0.2) is 30.3 Å². The van der Waals surface area contributed by atoms with Crippen molar-refractivity contribution in [3.8, 4) is 0 Å². The quantitative estimate of drug-likeness (QED) is 0.444. The van der Waals surface area contributed by atoms with Gasteiger partial charge in [0.15, 0.2) is 0 Å². The summed E-state index contributed by atoms with van der Waals surface area (Å²) < 4.78 is 5.12. The number of unbranched alkanes of at least 4 members (excludes halogenated alkanes) is 5. The second kappa shape index (κ2) is 15.2. The molecule has 145 valence electrons. The normalized spacial score (nSPS) is 10.3. The molecule has 0 aliphatic heterocycles. The topological polar surface area (TPSA) is 87.7 Å². The molecule has 6 heteroatoms. The molecule has 0 unspecified atom stereocenters. The van der Waals surface area contributed by atoms with E-state index in [1.54, 1.807) is 0 Å². The lowest BCUT2D eigenvalue weighted by molar-refractivity contribution is -0.121. The summed E-state index contributed by atoms with van der Waals surface area (Å²) in [4.78, 5) is 23.2. The summed E-state index contributed by atoms with van der Waals surface area (Å²) in [6, 6.07) is 9.55. The zero-order valence-corrected chi connectivity index (χ0v) is 15.4. The van der Waals surface area contributed by atoms with Crippen LogP contribution < -0.4 is 10.6 Å². The van der Waals surface area contributed by atoms with Crippen LogP contribution in [0.2, 0.25) is 0 Å². The third-order valence-electron chi connectivity index (χ3n) is 3.80. The van der Waals surface area contributed by atoms with E-state index in [0.717, 1.165) is 37.7 Å². The number of carbonyl (C=O) groups excluding carboxylic acids is 2. The van der Waals surface area contributed by atoms with Gasteiger partial charge in [0.2, 0.25) is 5.91 Å². The summed E-state index contributed by atoms with van der Waals surface area (Å²) in [5.74, 6) is 0.0717. The molecule has 0 bridgehead atoms. The first-order valence-electron chi connectivity index (χ1n) is 9.36. The first-order chi connectivity index (χ1) is 12.7. The van der Waals surface area contributed by atoms with Crippen LogP contribution in [0.4, 0.5) is 4.79 Å². The van der Waals surface area contributed by atoms with Crippen LogP contribution in [-0.4, -0.2) is 36.8 Å². The zero-order chi connectivity index (χ0) is 18.9. The highest BCUT2D eigenvalue weighted by Gasteiger charge is 2.03. The maximum absolute atomic E-state index is 11.6. The Hall–Kier alpha value is -2.08. The highest BCUT2D eigenvalue weighted by molar-refractivity contribution is 5.75. The molecule has 0 saturated carbocycles. The number of aliphatic hydroxyl groups is 1. The number of carbonyl (C=O) groups is 2. The van der Waals surface area contributed by atoms with Gasteiger partial charge in [-0.05, 0) is 44.1 Å². The largest absolute Gasteiger partial charge is 0.445 e. The number of ether oxygens (including phenoxy) is 1. The van der Waals surface area contributed by atoms with Crippen molar-refractivity contribution < 1.29 is 19.4 Å². The van der Waals surface area contributed by atoms with Gasteiger partial charge in [0.05, 0.1) is 0 Å². The standard InChI is InChI=1S/C20H31N2O4/c23-16-10-2-1-8-14-21-19(24)13-7-4-9-15-22-20(25)26-17-18-11-5-3-6-12-18/h2-3,5-6,11-12,23H,1,4,7-10,13-17H2,(H,21,24)(H,22,25). The summed E-state index contributed by atoms with van der Waals surface area (Å²) in [7, 11) is 0. The minimum Gasteiger partial charge on any atom is -0.445 e. The Morgan fingerprint density at radius 2 is 1.73 bits per heavy atom. The molecule has 1 aromatic carbocycles. The summed E-state index contributed by atoms with van der Waals surface area (Å²) in [5, 5.41) is 14.2. The van der Waals surface area contributed by atoms with Gasteiger partial charge in [-0.1, -0.05) is 36.8 Å². The second-order valence-corrected chi connectivity index (χ2v) is 6.09. The Balaban J connectivity index is 1.89. The van der Waals surface area contributed by atoms with Gasteiger partial charge in [0, 0.05) is 26.1 Å². The first-order valence-corrected chi connectivity index (χ1v) is 9.36. The number of hydrogen-bond donors (Lipinski definition) is 3. The second-order valence-electron chi connectivity index (χ2n) is 6.09. The van der Waals surface area contributed by atoms with E-state index in [4.69, 9.17) is 9.84 Å². The fourth-order valence-corrected chi connectivity index (χ4v) is 2.35. The third-order valence-corrected chi connectivity index (χ3v) is 3.80. The lowest BCUT2D eigenvalue weighted by atomic mass is 10.1. The predicted molar refractivity (Wildman–Crippen MR) is 101 cm³/mol. The minimum atomic E-state index is -0.412. The SMILES string of the molecule is O=C(CCCCCNC(=O)OCc1ccccc1)NCCC[CH]CCO. The number of amides is 2. The molecule has 2 amide bonds. The van der Waals surface area contributed by atoms with Gasteiger partial charge in [-0.3, -0.25) is 4.79 Å². The van der Waals surface area contributed by atoms with Gasteiger partial charge in [-0.25, -0.2) is 4.79 Å². The van der Waals surface area contributed by atoms with E-state index < -0.39 is 6.09 Å². The van der Waals surface area contributed by atoms with Crippen LogP contribution in [0.25, 0.3) is 0 Å². The van der Waals surface area contributed by atoms with E-state index in [2.05, 4.69) is 10.6 Å². The zero-order valence-electron chi connectivity index (χ0n) is 15.4. The lowest BCUT2D eigenvalue weighted by Crippen LogP contribution is -2.25. The molecule has 26 heavy (non-hydrogen) atoms. The molecule has 0 heterocycles. The van der Waals surface area contributed by atoms with Gasteiger partial charge in [0.25, 0.3) is 0 Å². The first kappa shape index (κ1) is 22.0. The van der Waals surface area contributed by atoms with Crippen LogP contribution in [0, 0.1) is 6.42 Å². The van der Waals surface area contributed by atoms with Crippen molar-refractivity contribution >= 4 is 12.0 Å². The third kappa shape index (κ3) is 12.3. The fourth-order valence-electron chi connectivity index (χ4n) is 2.35. The number of aliphatic hydroxyl groups excluding tert-OH is 1. The van der Waals surface area contributed by atoms with Crippen LogP contribution in [0.1, 0.15) is 50.5 Å². The molecule has 0 saturated heterocycles. The molecule has 0 spiro atoms. The number of alkyl carbamates (subject to hydrolysis) is 1. The molecule has 0 aromatic heterocycles. The van der Waals surface area contributed by atoms with E-state index >= 15 is 0 Å². The molecule has 1 aromatic rings. The molecule has 1 radical (unpaired) electrons. The van der Waals surface area contributed by atoms with E-state index in [0.29, 0.717) is 25.9 Å². The average Bonchev–Trinajstić information content (AvgIpc) is 2.66. The van der Waals surface area contributed by atoms with E-state index in [1.165, 1.54) is 0 Å². The van der Waals surface area contributed by atoms with E-state index in [-0.39, 0.29) is 19.1 Å². The van der Waals surface area contributed by atoms with Crippen molar-refractivity contribution in [3.63, 3.8) is 0 Å². The summed E-state index contributed by atoms with van der Waals surface area (Å²) in [6.45, 7) is 1.68. The smallest absolute Gasteiger partial charge is 0.407 e.